The van der Waals surface area contributed by atoms with Crippen LogP contribution in [0, 0.1) is 0 Å². The maximum absolute atomic E-state index is 13.4. The third-order valence-corrected chi connectivity index (χ3v) is 5.38. The minimum atomic E-state index is -0.594. The van der Waals surface area contributed by atoms with Crippen LogP contribution in [0.25, 0.3) is 0 Å². The molecular formula is C27H38N2O4. The lowest BCUT2D eigenvalue weighted by Gasteiger charge is -2.31. The average Bonchev–Trinajstić information content (AvgIpc) is 2.76. The lowest BCUT2D eigenvalue weighted by Crippen LogP contribution is -2.51. The van der Waals surface area contributed by atoms with Gasteiger partial charge in [0.05, 0.1) is 7.11 Å². The van der Waals surface area contributed by atoms with E-state index in [0.717, 1.165) is 16.9 Å². The molecule has 0 saturated carbocycles. The molecule has 33 heavy (non-hydrogen) atoms. The molecule has 0 saturated heterocycles. The number of methoxy groups -OCH3 is 1. The Morgan fingerprint density at radius 3 is 2.21 bits per heavy atom. The first-order valence-corrected chi connectivity index (χ1v) is 11.5. The van der Waals surface area contributed by atoms with Crippen LogP contribution >= 0.6 is 0 Å². The highest BCUT2D eigenvalue weighted by molar-refractivity contribution is 5.88. The highest BCUT2D eigenvalue weighted by Crippen LogP contribution is 2.31. The molecule has 2 aromatic carbocycles. The van der Waals surface area contributed by atoms with Crippen LogP contribution in [-0.4, -0.2) is 42.5 Å². The van der Waals surface area contributed by atoms with E-state index in [4.69, 9.17) is 9.47 Å². The predicted molar refractivity (Wildman–Crippen MR) is 132 cm³/mol. The highest BCUT2D eigenvalue weighted by Gasteiger charge is 2.29. The zero-order valence-electron chi connectivity index (χ0n) is 21.0. The van der Waals surface area contributed by atoms with Crippen molar-refractivity contribution in [2.75, 3.05) is 13.7 Å². The molecule has 0 aromatic heterocycles. The number of carbonyl (C=O) groups excluding carboxylic acids is 2. The topological polar surface area (TPSA) is 67.9 Å². The molecule has 0 radical (unpaired) electrons. The van der Waals surface area contributed by atoms with E-state index in [1.54, 1.807) is 12.0 Å². The van der Waals surface area contributed by atoms with Gasteiger partial charge in [-0.2, -0.15) is 0 Å². The second-order valence-electron chi connectivity index (χ2n) is 9.49. The molecule has 6 heteroatoms. The molecule has 0 aliphatic rings. The second kappa shape index (κ2) is 11.7. The van der Waals surface area contributed by atoms with E-state index in [1.807, 2.05) is 69.3 Å². The third-order valence-electron chi connectivity index (χ3n) is 5.38. The van der Waals surface area contributed by atoms with Gasteiger partial charge in [0, 0.05) is 12.6 Å². The molecule has 1 atom stereocenters. The van der Waals surface area contributed by atoms with Crippen LogP contribution in [0.3, 0.4) is 0 Å². The summed E-state index contributed by atoms with van der Waals surface area (Å²) < 4.78 is 11.2. The zero-order chi connectivity index (χ0) is 24.6. The number of hydrogen-bond donors (Lipinski definition) is 1. The number of rotatable bonds is 10. The smallest absolute Gasteiger partial charge is 0.261 e. The summed E-state index contributed by atoms with van der Waals surface area (Å²) in [5.74, 6) is 1.02. The van der Waals surface area contributed by atoms with Crippen molar-refractivity contribution in [3.63, 3.8) is 0 Å². The fourth-order valence-electron chi connectivity index (χ4n) is 3.66. The number of carbonyl (C=O) groups is 2. The van der Waals surface area contributed by atoms with Crippen LogP contribution in [0.1, 0.15) is 59.1 Å². The fraction of sp³-hybridized carbons (Fsp3) is 0.481. The van der Waals surface area contributed by atoms with E-state index < -0.39 is 6.04 Å². The highest BCUT2D eigenvalue weighted by atomic mass is 16.5. The van der Waals surface area contributed by atoms with Gasteiger partial charge in [0.1, 0.15) is 17.5 Å². The van der Waals surface area contributed by atoms with E-state index in [9.17, 15) is 9.59 Å². The molecule has 180 valence electrons. The standard InChI is InChI=1S/C27H38N2O4/c1-8-23(26(31)28-19(2)3)29(17-20-13-15-21(32-7)16-14-20)25(30)18-33-24-12-10-9-11-22(24)27(4,5)6/h9-16,19,23H,8,17-18H2,1-7H3,(H,28,31). The maximum Gasteiger partial charge on any atom is 0.261 e. The van der Waals surface area contributed by atoms with Crippen LogP contribution in [0.2, 0.25) is 0 Å². The molecule has 0 heterocycles. The van der Waals surface area contributed by atoms with Gasteiger partial charge in [-0.15, -0.1) is 0 Å². The Morgan fingerprint density at radius 2 is 1.67 bits per heavy atom. The molecule has 1 N–H and O–H groups in total. The summed E-state index contributed by atoms with van der Waals surface area (Å²) in [5.41, 5.74) is 1.82. The van der Waals surface area contributed by atoms with E-state index in [1.165, 1.54) is 0 Å². The first-order valence-electron chi connectivity index (χ1n) is 11.5. The fourth-order valence-corrected chi connectivity index (χ4v) is 3.66. The van der Waals surface area contributed by atoms with Crippen LogP contribution < -0.4 is 14.8 Å². The van der Waals surface area contributed by atoms with E-state index >= 15 is 0 Å². The second-order valence-corrected chi connectivity index (χ2v) is 9.49. The van der Waals surface area contributed by atoms with E-state index in [2.05, 4.69) is 26.1 Å². The molecule has 2 amide bonds. The zero-order valence-corrected chi connectivity index (χ0v) is 21.0. The minimum Gasteiger partial charge on any atom is -0.497 e. The average molecular weight is 455 g/mol. The molecule has 2 aromatic rings. The molecule has 0 fully saturated rings. The summed E-state index contributed by atoms with van der Waals surface area (Å²) in [5, 5.41) is 2.94. The van der Waals surface area contributed by atoms with Crippen molar-refractivity contribution in [2.45, 2.75) is 72.0 Å². The number of ether oxygens (including phenoxy) is 2. The van der Waals surface area contributed by atoms with Gasteiger partial charge in [-0.1, -0.05) is 58.0 Å². The Morgan fingerprint density at radius 1 is 1.03 bits per heavy atom. The van der Waals surface area contributed by atoms with Crippen LogP contribution in [-0.2, 0) is 21.5 Å². The molecule has 0 spiro atoms. The van der Waals surface area contributed by atoms with Gasteiger partial charge in [-0.25, -0.2) is 0 Å². The van der Waals surface area contributed by atoms with E-state index in [0.29, 0.717) is 18.7 Å². The molecule has 1 unspecified atom stereocenters. The molecule has 0 bridgehead atoms. The SMILES string of the molecule is CCC(C(=O)NC(C)C)N(Cc1ccc(OC)cc1)C(=O)COc1ccccc1C(C)(C)C. The number of hydrogen-bond acceptors (Lipinski definition) is 4. The Labute approximate surface area is 198 Å². The molecule has 6 nitrogen and oxygen atoms in total. The minimum absolute atomic E-state index is 0.0144. The molecule has 2 rings (SSSR count). The predicted octanol–water partition coefficient (Wildman–Crippen LogP) is 4.70. The molecular weight excluding hydrogens is 416 g/mol. The summed E-state index contributed by atoms with van der Waals surface area (Å²) in [7, 11) is 1.61. The van der Waals surface area contributed by atoms with Crippen molar-refractivity contribution in [1.82, 2.24) is 10.2 Å². The van der Waals surface area contributed by atoms with Crippen molar-refractivity contribution < 1.29 is 19.1 Å². The van der Waals surface area contributed by atoms with Crippen molar-refractivity contribution >= 4 is 11.8 Å². The van der Waals surface area contributed by atoms with Gasteiger partial charge in [0.25, 0.3) is 5.91 Å². The lowest BCUT2D eigenvalue weighted by atomic mass is 9.86. The summed E-state index contributed by atoms with van der Waals surface area (Å²) in [4.78, 5) is 27.9. The Kier molecular flexibility index (Phi) is 9.32. The van der Waals surface area contributed by atoms with Gasteiger partial charge in [0.2, 0.25) is 5.91 Å². The first kappa shape index (κ1) is 26.2. The van der Waals surface area contributed by atoms with Gasteiger partial charge in [-0.05, 0) is 55.0 Å². The van der Waals surface area contributed by atoms with Gasteiger partial charge >= 0.3 is 0 Å². The van der Waals surface area contributed by atoms with Gasteiger partial charge in [-0.3, -0.25) is 9.59 Å². The number of benzene rings is 2. The number of para-hydroxylation sites is 1. The van der Waals surface area contributed by atoms with Crippen molar-refractivity contribution in [3.05, 3.63) is 59.7 Å². The number of amides is 2. The summed E-state index contributed by atoms with van der Waals surface area (Å²) in [6, 6.07) is 14.7. The van der Waals surface area contributed by atoms with Gasteiger partial charge in [0.15, 0.2) is 6.61 Å². The van der Waals surface area contributed by atoms with Gasteiger partial charge < -0.3 is 19.7 Å². The summed E-state index contributed by atoms with van der Waals surface area (Å²) in [6.07, 6.45) is 0.499. The van der Waals surface area contributed by atoms with Crippen molar-refractivity contribution in [2.24, 2.45) is 0 Å². The number of nitrogens with one attached hydrogen (secondary N) is 1. The largest absolute Gasteiger partial charge is 0.497 e. The lowest BCUT2D eigenvalue weighted by molar-refractivity contribution is -0.143. The summed E-state index contributed by atoms with van der Waals surface area (Å²) in [6.45, 7) is 12.2. The van der Waals surface area contributed by atoms with Crippen molar-refractivity contribution in [1.29, 1.82) is 0 Å². The van der Waals surface area contributed by atoms with Crippen LogP contribution in [0.15, 0.2) is 48.5 Å². The van der Waals surface area contributed by atoms with E-state index in [-0.39, 0.29) is 29.9 Å². The Hall–Kier alpha value is -3.02. The third kappa shape index (κ3) is 7.52. The molecule has 0 aliphatic carbocycles. The van der Waals surface area contributed by atoms with Crippen LogP contribution in [0.4, 0.5) is 0 Å². The molecule has 0 aliphatic heterocycles. The van der Waals surface area contributed by atoms with Crippen LogP contribution in [0.5, 0.6) is 11.5 Å². The number of nitrogens with zero attached hydrogens (tertiary/aromatic N) is 1. The maximum atomic E-state index is 13.4. The quantitative estimate of drug-likeness (QED) is 0.565. The van der Waals surface area contributed by atoms with Crippen molar-refractivity contribution in [3.8, 4) is 11.5 Å². The normalized spacial score (nSPS) is 12.2. The first-order chi connectivity index (χ1) is 15.6. The Balaban J connectivity index is 2.27. The monoisotopic (exact) mass is 454 g/mol. The Bertz CT molecular complexity index is 916. The summed E-state index contributed by atoms with van der Waals surface area (Å²) >= 11 is 0.